The molecule has 3 aromatic rings. The maximum absolute atomic E-state index is 14.0. The number of aromatic nitrogens is 3. The average molecular weight is 433 g/mol. The number of rotatable bonds is 4. The molecule has 0 aliphatic carbocycles. The van der Waals surface area contributed by atoms with Crippen LogP contribution in [0.15, 0.2) is 30.7 Å². The summed E-state index contributed by atoms with van der Waals surface area (Å²) < 4.78 is 49.0. The Morgan fingerprint density at radius 1 is 1.26 bits per heavy atom. The molecule has 0 spiro atoms. The van der Waals surface area contributed by atoms with Gasteiger partial charge in [0.1, 0.15) is 5.82 Å². The summed E-state index contributed by atoms with van der Waals surface area (Å²) in [4.78, 5) is 21.6. The molecule has 1 unspecified atom stereocenters. The van der Waals surface area contributed by atoms with Crippen molar-refractivity contribution >= 4 is 17.4 Å². The number of nitrogens with zero attached hydrogens (tertiary/aromatic N) is 4. The van der Waals surface area contributed by atoms with Gasteiger partial charge in [-0.15, -0.1) is 0 Å². The number of pyridine rings is 2. The first-order valence-electron chi connectivity index (χ1n) is 9.82. The van der Waals surface area contributed by atoms with Gasteiger partial charge in [-0.25, -0.2) is 9.97 Å². The number of ether oxygens (including phenoxy) is 1. The Hall–Kier alpha value is -3.30. The molecule has 1 aliphatic rings. The number of fused-ring (bicyclic) bond motifs is 1. The molecule has 10 heteroatoms. The number of carbonyl (C=O) groups is 1. The average Bonchev–Trinajstić information content (AvgIpc) is 3.12. The van der Waals surface area contributed by atoms with E-state index < -0.39 is 23.6 Å². The van der Waals surface area contributed by atoms with Crippen LogP contribution in [-0.2, 0) is 11.0 Å². The van der Waals surface area contributed by atoms with E-state index in [1.165, 1.54) is 18.2 Å². The molecule has 1 amide bonds. The number of anilines is 1. The standard InChI is InChI=1S/C21H22F3N5O2/c1-12-9-29-11-15(7-17(31-2)20(29)27-12)14-6-16(21(22,23)24)19(26-8-14)28-5-3-4-13(10-28)18(25)30/h6-9,11,13H,3-5,10H2,1-2H3,(H2,25,30). The first-order chi connectivity index (χ1) is 14.7. The minimum absolute atomic E-state index is 0.124. The van der Waals surface area contributed by atoms with E-state index in [9.17, 15) is 18.0 Å². The molecular formula is C21H22F3N5O2. The third-order valence-electron chi connectivity index (χ3n) is 5.49. The third kappa shape index (κ3) is 4.01. The van der Waals surface area contributed by atoms with Crippen LogP contribution < -0.4 is 15.4 Å². The van der Waals surface area contributed by atoms with Crippen molar-refractivity contribution in [2.24, 2.45) is 11.7 Å². The second kappa shape index (κ2) is 7.75. The highest BCUT2D eigenvalue weighted by Crippen LogP contribution is 2.39. The zero-order chi connectivity index (χ0) is 22.3. The molecule has 1 aliphatic heterocycles. The SMILES string of the molecule is COc1cc(-c2cnc(N3CCCC(C(N)=O)C3)c(C(F)(F)F)c2)cn2cc(C)nc12. The Balaban J connectivity index is 1.79. The van der Waals surface area contributed by atoms with Crippen molar-refractivity contribution in [1.29, 1.82) is 0 Å². The van der Waals surface area contributed by atoms with Crippen molar-refractivity contribution in [3.63, 3.8) is 0 Å². The Kier molecular flexibility index (Phi) is 5.24. The van der Waals surface area contributed by atoms with E-state index in [2.05, 4.69) is 9.97 Å². The zero-order valence-corrected chi connectivity index (χ0v) is 17.1. The second-order valence-corrected chi connectivity index (χ2v) is 7.69. The third-order valence-corrected chi connectivity index (χ3v) is 5.49. The van der Waals surface area contributed by atoms with Crippen LogP contribution >= 0.6 is 0 Å². The van der Waals surface area contributed by atoms with Gasteiger partial charge < -0.3 is 19.8 Å². The van der Waals surface area contributed by atoms with Crippen molar-refractivity contribution in [3.05, 3.63) is 42.0 Å². The predicted octanol–water partition coefficient (Wildman–Crippen LogP) is 3.43. The topological polar surface area (TPSA) is 85.7 Å². The summed E-state index contributed by atoms with van der Waals surface area (Å²) in [5.41, 5.74) is 6.68. The lowest BCUT2D eigenvalue weighted by atomic mass is 9.97. The highest BCUT2D eigenvalue weighted by molar-refractivity contribution is 5.78. The summed E-state index contributed by atoms with van der Waals surface area (Å²) >= 11 is 0. The number of aryl methyl sites for hydroxylation is 1. The minimum atomic E-state index is -4.61. The van der Waals surface area contributed by atoms with Crippen LogP contribution in [0.25, 0.3) is 16.8 Å². The van der Waals surface area contributed by atoms with Crippen molar-refractivity contribution in [1.82, 2.24) is 14.4 Å². The number of methoxy groups -OCH3 is 1. The highest BCUT2D eigenvalue weighted by Gasteiger charge is 2.38. The van der Waals surface area contributed by atoms with Gasteiger partial charge >= 0.3 is 6.18 Å². The molecule has 2 N–H and O–H groups in total. The molecule has 164 valence electrons. The molecule has 4 rings (SSSR count). The van der Waals surface area contributed by atoms with Crippen LogP contribution in [0.5, 0.6) is 5.75 Å². The van der Waals surface area contributed by atoms with Crippen LogP contribution in [0, 0.1) is 12.8 Å². The first kappa shape index (κ1) is 21.0. The molecule has 0 aromatic carbocycles. The van der Waals surface area contributed by atoms with E-state index in [0.717, 1.165) is 11.8 Å². The molecule has 1 atom stereocenters. The molecule has 7 nitrogen and oxygen atoms in total. The predicted molar refractivity (Wildman–Crippen MR) is 109 cm³/mol. The van der Waals surface area contributed by atoms with Gasteiger partial charge in [-0.05, 0) is 31.9 Å². The molecule has 0 saturated carbocycles. The minimum Gasteiger partial charge on any atom is -0.493 e. The number of nitrogens with two attached hydrogens (primary N) is 1. The molecular weight excluding hydrogens is 411 g/mol. The van der Waals surface area contributed by atoms with Crippen molar-refractivity contribution in [2.45, 2.75) is 25.9 Å². The van der Waals surface area contributed by atoms with Gasteiger partial charge in [-0.1, -0.05) is 0 Å². The van der Waals surface area contributed by atoms with Gasteiger partial charge in [-0.3, -0.25) is 4.79 Å². The first-order valence-corrected chi connectivity index (χ1v) is 9.82. The number of amides is 1. The van der Waals surface area contributed by atoms with Crippen LogP contribution in [0.3, 0.4) is 0 Å². The maximum Gasteiger partial charge on any atom is 0.419 e. The number of piperidine rings is 1. The van der Waals surface area contributed by atoms with Gasteiger partial charge in [0.15, 0.2) is 11.4 Å². The van der Waals surface area contributed by atoms with Crippen LogP contribution in [0.1, 0.15) is 24.1 Å². The fourth-order valence-corrected chi connectivity index (χ4v) is 3.98. The smallest absolute Gasteiger partial charge is 0.419 e. The highest BCUT2D eigenvalue weighted by atomic mass is 19.4. The molecule has 1 fully saturated rings. The summed E-state index contributed by atoms with van der Waals surface area (Å²) in [6.45, 7) is 2.33. The van der Waals surface area contributed by atoms with E-state index in [1.807, 2.05) is 6.92 Å². The van der Waals surface area contributed by atoms with Crippen LogP contribution in [0.2, 0.25) is 0 Å². The zero-order valence-electron chi connectivity index (χ0n) is 17.1. The molecule has 4 heterocycles. The lowest BCUT2D eigenvalue weighted by molar-refractivity contribution is -0.137. The van der Waals surface area contributed by atoms with E-state index in [0.29, 0.717) is 41.9 Å². The normalized spacial score (nSPS) is 17.2. The fourth-order valence-electron chi connectivity index (χ4n) is 3.98. The number of hydrogen-bond acceptors (Lipinski definition) is 5. The number of halogens is 3. The van der Waals surface area contributed by atoms with Gasteiger partial charge in [0.05, 0.1) is 24.3 Å². The maximum atomic E-state index is 14.0. The summed E-state index contributed by atoms with van der Waals surface area (Å²) in [6, 6.07) is 2.73. The largest absolute Gasteiger partial charge is 0.493 e. The molecule has 0 bridgehead atoms. The van der Waals surface area contributed by atoms with Crippen LogP contribution in [-0.4, -0.2) is 40.5 Å². The van der Waals surface area contributed by atoms with E-state index in [-0.39, 0.29) is 12.4 Å². The van der Waals surface area contributed by atoms with E-state index in [1.54, 1.807) is 22.9 Å². The van der Waals surface area contributed by atoms with Crippen LogP contribution in [0.4, 0.5) is 19.0 Å². The van der Waals surface area contributed by atoms with Gasteiger partial charge in [0.2, 0.25) is 5.91 Å². The molecule has 3 aromatic heterocycles. The van der Waals surface area contributed by atoms with E-state index in [4.69, 9.17) is 10.5 Å². The second-order valence-electron chi connectivity index (χ2n) is 7.69. The summed E-state index contributed by atoms with van der Waals surface area (Å²) in [5, 5.41) is 0. The Morgan fingerprint density at radius 2 is 2.03 bits per heavy atom. The Bertz CT molecular complexity index is 1140. The fraction of sp³-hybridized carbons (Fsp3) is 0.381. The lowest BCUT2D eigenvalue weighted by Gasteiger charge is -2.33. The number of hydrogen-bond donors (Lipinski definition) is 1. The van der Waals surface area contributed by atoms with Crippen molar-refractivity contribution in [3.8, 4) is 16.9 Å². The summed E-state index contributed by atoms with van der Waals surface area (Å²) in [6.07, 6.45) is 1.39. The van der Waals surface area contributed by atoms with Gasteiger partial charge in [-0.2, -0.15) is 13.2 Å². The Labute approximate surface area is 176 Å². The van der Waals surface area contributed by atoms with Crippen molar-refractivity contribution in [2.75, 3.05) is 25.1 Å². The lowest BCUT2D eigenvalue weighted by Crippen LogP contribution is -2.42. The molecule has 1 saturated heterocycles. The number of carbonyl (C=O) groups excluding carboxylic acids is 1. The monoisotopic (exact) mass is 433 g/mol. The van der Waals surface area contributed by atoms with Crippen molar-refractivity contribution < 1.29 is 22.7 Å². The van der Waals surface area contributed by atoms with Gasteiger partial charge in [0, 0.05) is 42.8 Å². The molecule has 0 radical (unpaired) electrons. The number of primary amides is 1. The quantitative estimate of drug-likeness (QED) is 0.681. The summed E-state index contributed by atoms with van der Waals surface area (Å²) in [7, 11) is 1.48. The van der Waals surface area contributed by atoms with E-state index >= 15 is 0 Å². The number of imidazole rings is 1. The van der Waals surface area contributed by atoms with Gasteiger partial charge in [0.25, 0.3) is 0 Å². The number of alkyl halides is 3. The Morgan fingerprint density at radius 3 is 2.71 bits per heavy atom. The molecule has 31 heavy (non-hydrogen) atoms. The summed E-state index contributed by atoms with van der Waals surface area (Å²) in [5.74, 6) is -0.740.